The van der Waals surface area contributed by atoms with Crippen LogP contribution >= 0.6 is 11.3 Å². The van der Waals surface area contributed by atoms with Gasteiger partial charge in [-0.3, -0.25) is 0 Å². The maximum absolute atomic E-state index is 10.6. The van der Waals surface area contributed by atoms with Gasteiger partial charge in [0.05, 0.1) is 12.5 Å². The van der Waals surface area contributed by atoms with Gasteiger partial charge >= 0.3 is 0 Å². The van der Waals surface area contributed by atoms with Gasteiger partial charge in [-0.15, -0.1) is 0 Å². The second-order valence-electron chi connectivity index (χ2n) is 3.83. The van der Waals surface area contributed by atoms with E-state index in [-0.39, 0.29) is 6.04 Å². The molecular weight excluding hydrogens is 198 g/mol. The molecule has 1 aromatic heterocycles. The van der Waals surface area contributed by atoms with Crippen molar-refractivity contribution in [1.29, 1.82) is 0 Å². The largest absolute Gasteiger partial charge is 0.544 e. The molecule has 0 amide bonds. The van der Waals surface area contributed by atoms with Gasteiger partial charge in [0.25, 0.3) is 0 Å². The molecule has 0 spiro atoms. The average molecular weight is 211 g/mol. The van der Waals surface area contributed by atoms with Gasteiger partial charge < -0.3 is 15.2 Å². The molecule has 2 atom stereocenters. The average Bonchev–Trinajstić information content (AvgIpc) is 2.75. The van der Waals surface area contributed by atoms with E-state index in [0.29, 0.717) is 5.92 Å². The van der Waals surface area contributed by atoms with Gasteiger partial charge in [-0.05, 0) is 28.8 Å². The summed E-state index contributed by atoms with van der Waals surface area (Å²) in [6.07, 6.45) is 1.75. The number of quaternary nitrogens is 1. The van der Waals surface area contributed by atoms with Crippen molar-refractivity contribution in [3.63, 3.8) is 0 Å². The van der Waals surface area contributed by atoms with Gasteiger partial charge in [0.2, 0.25) is 0 Å². The van der Waals surface area contributed by atoms with Crippen molar-refractivity contribution in [3.05, 3.63) is 22.4 Å². The van der Waals surface area contributed by atoms with Crippen molar-refractivity contribution in [3.8, 4) is 0 Å². The summed E-state index contributed by atoms with van der Waals surface area (Å²) in [5.41, 5.74) is 1.33. The third-order valence-electron chi connectivity index (χ3n) is 2.75. The summed E-state index contributed by atoms with van der Waals surface area (Å²) in [5.74, 6) is -0.426. The number of carboxylic acid groups (broad SMARTS) is 1. The number of rotatable bonds is 3. The van der Waals surface area contributed by atoms with Gasteiger partial charge in [-0.2, -0.15) is 11.3 Å². The second-order valence-corrected chi connectivity index (χ2v) is 4.61. The first kappa shape index (κ1) is 9.68. The molecule has 0 bridgehead atoms. The highest BCUT2D eigenvalue weighted by atomic mass is 32.1. The Balaban J connectivity index is 1.87. The SMILES string of the molecule is O=C([O-])[C@@H]1C[C@@H](Cc2ccsc2)C[NH2+]1. The van der Waals surface area contributed by atoms with Gasteiger partial charge in [0, 0.05) is 12.3 Å². The smallest absolute Gasteiger partial charge is 0.127 e. The third-order valence-corrected chi connectivity index (χ3v) is 3.48. The van der Waals surface area contributed by atoms with Crippen molar-refractivity contribution < 1.29 is 15.2 Å². The Morgan fingerprint density at radius 3 is 3.14 bits per heavy atom. The molecule has 0 unspecified atom stereocenters. The lowest BCUT2D eigenvalue weighted by Gasteiger charge is -2.06. The van der Waals surface area contributed by atoms with E-state index >= 15 is 0 Å². The minimum atomic E-state index is -0.919. The topological polar surface area (TPSA) is 56.7 Å². The minimum absolute atomic E-state index is 0.321. The van der Waals surface area contributed by atoms with Crippen LogP contribution in [0.5, 0.6) is 0 Å². The number of thiophene rings is 1. The fourth-order valence-electron chi connectivity index (χ4n) is 2.01. The highest BCUT2D eigenvalue weighted by molar-refractivity contribution is 7.07. The summed E-state index contributed by atoms with van der Waals surface area (Å²) < 4.78 is 0. The first-order valence-corrected chi connectivity index (χ1v) is 5.75. The maximum Gasteiger partial charge on any atom is 0.127 e. The van der Waals surface area contributed by atoms with Crippen LogP contribution in [0.4, 0.5) is 0 Å². The molecule has 1 aromatic rings. The highest BCUT2D eigenvalue weighted by Gasteiger charge is 2.28. The summed E-state index contributed by atoms with van der Waals surface area (Å²) in [6.45, 7) is 0.911. The van der Waals surface area contributed by atoms with Crippen LogP contribution in [0.25, 0.3) is 0 Å². The van der Waals surface area contributed by atoms with Gasteiger partial charge in [0.1, 0.15) is 6.04 Å². The fourth-order valence-corrected chi connectivity index (χ4v) is 2.69. The lowest BCUT2D eigenvalue weighted by molar-refractivity contribution is -0.666. The standard InChI is InChI=1S/C10H13NO2S/c12-10(13)9-4-8(5-11-9)3-7-1-2-14-6-7/h1-2,6,8-9,11H,3-5H2,(H,12,13)/t8-,9+/m1/s1. The molecule has 0 aromatic carbocycles. The molecule has 2 heterocycles. The number of carboxylic acids is 1. The van der Waals surface area contributed by atoms with E-state index in [2.05, 4.69) is 16.8 Å². The monoisotopic (exact) mass is 211 g/mol. The predicted octanol–water partition coefficient (Wildman–Crippen LogP) is -1.01. The molecule has 3 nitrogen and oxygen atoms in total. The van der Waals surface area contributed by atoms with Crippen LogP contribution in [0.3, 0.4) is 0 Å². The Morgan fingerprint density at radius 2 is 2.57 bits per heavy atom. The number of hydrogen-bond acceptors (Lipinski definition) is 3. The number of aliphatic carboxylic acids is 1. The lowest BCUT2D eigenvalue weighted by atomic mass is 9.98. The zero-order valence-electron chi connectivity index (χ0n) is 7.81. The first-order valence-electron chi connectivity index (χ1n) is 4.81. The molecule has 1 aliphatic rings. The summed E-state index contributed by atoms with van der Waals surface area (Å²) in [5, 5.41) is 16.7. The van der Waals surface area contributed by atoms with Crippen LogP contribution in [0.15, 0.2) is 16.8 Å². The van der Waals surface area contributed by atoms with E-state index in [1.807, 2.05) is 5.32 Å². The van der Waals surface area contributed by atoms with Gasteiger partial charge in [0.15, 0.2) is 0 Å². The molecule has 2 rings (SSSR count). The summed E-state index contributed by atoms with van der Waals surface area (Å²) >= 11 is 1.69. The van der Waals surface area contributed by atoms with E-state index in [9.17, 15) is 9.90 Å². The van der Waals surface area contributed by atoms with Crippen molar-refractivity contribution in [2.45, 2.75) is 18.9 Å². The summed E-state index contributed by atoms with van der Waals surface area (Å²) in [6, 6.07) is 1.79. The van der Waals surface area contributed by atoms with Crippen LogP contribution in [0.2, 0.25) is 0 Å². The van der Waals surface area contributed by atoms with E-state index in [1.54, 1.807) is 11.3 Å². The van der Waals surface area contributed by atoms with Crippen LogP contribution in [0, 0.1) is 5.92 Å². The molecule has 0 saturated carbocycles. The fraction of sp³-hybridized carbons (Fsp3) is 0.500. The lowest BCUT2D eigenvalue weighted by Crippen LogP contribution is -2.90. The predicted molar refractivity (Wildman–Crippen MR) is 51.7 cm³/mol. The molecule has 76 valence electrons. The molecule has 14 heavy (non-hydrogen) atoms. The summed E-state index contributed by atoms with van der Waals surface area (Å²) in [7, 11) is 0. The molecule has 4 heteroatoms. The Bertz CT molecular complexity index is 310. The maximum atomic E-state index is 10.6. The number of nitrogens with two attached hydrogens (primary N) is 1. The number of carbonyl (C=O) groups excluding carboxylic acids is 1. The van der Waals surface area contributed by atoms with Crippen LogP contribution in [-0.2, 0) is 11.2 Å². The van der Waals surface area contributed by atoms with Crippen LogP contribution in [0.1, 0.15) is 12.0 Å². The number of carbonyl (C=O) groups is 1. The molecule has 0 aliphatic carbocycles. The Labute approximate surface area is 86.8 Å². The quantitative estimate of drug-likeness (QED) is 0.696. The van der Waals surface area contributed by atoms with E-state index < -0.39 is 5.97 Å². The molecule has 1 aliphatic heterocycles. The normalized spacial score (nSPS) is 26.6. The highest BCUT2D eigenvalue weighted by Crippen LogP contribution is 2.17. The van der Waals surface area contributed by atoms with Crippen molar-refractivity contribution in [2.24, 2.45) is 5.92 Å². The zero-order valence-corrected chi connectivity index (χ0v) is 8.63. The zero-order chi connectivity index (χ0) is 9.97. The van der Waals surface area contributed by atoms with Crippen molar-refractivity contribution in [1.82, 2.24) is 0 Å². The van der Waals surface area contributed by atoms with Crippen molar-refractivity contribution >= 4 is 17.3 Å². The van der Waals surface area contributed by atoms with E-state index in [4.69, 9.17) is 0 Å². The Hall–Kier alpha value is -0.870. The molecular formula is C10H13NO2S. The molecule has 1 fully saturated rings. The number of hydrogen-bond donors (Lipinski definition) is 1. The van der Waals surface area contributed by atoms with Gasteiger partial charge in [-0.1, -0.05) is 0 Å². The van der Waals surface area contributed by atoms with Crippen LogP contribution < -0.4 is 10.4 Å². The minimum Gasteiger partial charge on any atom is -0.544 e. The molecule has 1 saturated heterocycles. The van der Waals surface area contributed by atoms with E-state index in [1.165, 1.54) is 5.56 Å². The van der Waals surface area contributed by atoms with E-state index in [0.717, 1.165) is 19.4 Å². The Kier molecular flexibility index (Phi) is 2.84. The van der Waals surface area contributed by atoms with Crippen LogP contribution in [-0.4, -0.2) is 18.6 Å². The summed E-state index contributed by atoms with van der Waals surface area (Å²) in [4.78, 5) is 10.6. The second kappa shape index (κ2) is 4.11. The third kappa shape index (κ3) is 2.13. The first-order chi connectivity index (χ1) is 6.75. The van der Waals surface area contributed by atoms with Crippen molar-refractivity contribution in [2.75, 3.05) is 6.54 Å². The molecule has 0 radical (unpaired) electrons. The van der Waals surface area contributed by atoms with Gasteiger partial charge in [-0.25, -0.2) is 0 Å². The molecule has 2 N–H and O–H groups in total. The Morgan fingerprint density at radius 1 is 1.71 bits per heavy atom.